The summed E-state index contributed by atoms with van der Waals surface area (Å²) in [6.45, 7) is 2.32. The second-order valence-electron chi connectivity index (χ2n) is 7.15. The first-order valence-corrected chi connectivity index (χ1v) is 11.6. The Morgan fingerprint density at radius 1 is 1.03 bits per heavy atom. The van der Waals surface area contributed by atoms with Crippen molar-refractivity contribution in [3.05, 3.63) is 94.2 Å². The molecule has 4 aromatic rings. The minimum atomic E-state index is -0.257. The van der Waals surface area contributed by atoms with Gasteiger partial charge in [-0.1, -0.05) is 54.1 Å². The predicted octanol–water partition coefficient (Wildman–Crippen LogP) is 6.11. The zero-order chi connectivity index (χ0) is 23.2. The Bertz CT molecular complexity index is 1260. The summed E-state index contributed by atoms with van der Waals surface area (Å²) in [4.78, 5) is 17.7. The average molecular weight is 499 g/mol. The van der Waals surface area contributed by atoms with Crippen LogP contribution in [0.5, 0.6) is 5.75 Å². The number of para-hydroxylation sites is 2. The predicted molar refractivity (Wildman–Crippen MR) is 131 cm³/mol. The largest absolute Gasteiger partial charge is 0.483 e. The number of halogens is 2. The maximum atomic E-state index is 12.5. The highest BCUT2D eigenvalue weighted by molar-refractivity contribution is 7.99. The van der Waals surface area contributed by atoms with Crippen molar-refractivity contribution in [3.8, 4) is 5.75 Å². The van der Waals surface area contributed by atoms with Gasteiger partial charge >= 0.3 is 0 Å². The van der Waals surface area contributed by atoms with Gasteiger partial charge in [0, 0.05) is 9.92 Å². The first-order chi connectivity index (χ1) is 16.0. The zero-order valence-electron chi connectivity index (χ0n) is 17.7. The monoisotopic (exact) mass is 498 g/mol. The maximum Gasteiger partial charge on any atom is 0.262 e. The molecular weight excluding hydrogens is 479 g/mol. The minimum absolute atomic E-state index is 0.0948. The Kier molecular flexibility index (Phi) is 7.54. The van der Waals surface area contributed by atoms with Gasteiger partial charge in [0.1, 0.15) is 5.75 Å². The Morgan fingerprint density at radius 2 is 1.76 bits per heavy atom. The van der Waals surface area contributed by atoms with Gasteiger partial charge in [0.2, 0.25) is 5.28 Å². The van der Waals surface area contributed by atoms with Crippen LogP contribution < -0.4 is 10.1 Å². The van der Waals surface area contributed by atoms with Crippen LogP contribution in [0.25, 0.3) is 0 Å². The molecule has 0 radical (unpaired) electrons. The van der Waals surface area contributed by atoms with E-state index in [0.29, 0.717) is 28.2 Å². The molecular formula is C24H20Cl2N4O2S. The SMILES string of the molecule is Cc1ccccc1OCC(=O)Nc1ccccc1Sc1nc(Cl)nn1Cc1ccc(Cl)cc1. The van der Waals surface area contributed by atoms with Crippen LogP contribution in [0.1, 0.15) is 11.1 Å². The molecule has 4 rings (SSSR count). The summed E-state index contributed by atoms with van der Waals surface area (Å²) in [6.07, 6.45) is 0. The molecule has 0 aliphatic heterocycles. The van der Waals surface area contributed by atoms with E-state index in [-0.39, 0.29) is 17.8 Å². The van der Waals surface area contributed by atoms with E-state index in [9.17, 15) is 4.79 Å². The van der Waals surface area contributed by atoms with Crippen molar-refractivity contribution in [1.29, 1.82) is 0 Å². The number of aromatic nitrogens is 3. The lowest BCUT2D eigenvalue weighted by Crippen LogP contribution is -2.20. The summed E-state index contributed by atoms with van der Waals surface area (Å²) in [6, 6.07) is 22.5. The van der Waals surface area contributed by atoms with Crippen LogP contribution in [0.15, 0.2) is 82.8 Å². The van der Waals surface area contributed by atoms with Crippen LogP contribution in [0.2, 0.25) is 10.3 Å². The number of anilines is 1. The van der Waals surface area contributed by atoms with Gasteiger partial charge < -0.3 is 10.1 Å². The second kappa shape index (κ2) is 10.7. The topological polar surface area (TPSA) is 69.0 Å². The third kappa shape index (κ3) is 6.28. The van der Waals surface area contributed by atoms with Gasteiger partial charge in [-0.05, 0) is 71.7 Å². The highest BCUT2D eigenvalue weighted by Gasteiger charge is 2.15. The van der Waals surface area contributed by atoms with Crippen molar-refractivity contribution < 1.29 is 9.53 Å². The van der Waals surface area contributed by atoms with Crippen molar-refractivity contribution in [2.45, 2.75) is 23.5 Å². The van der Waals surface area contributed by atoms with Crippen molar-refractivity contribution in [2.24, 2.45) is 0 Å². The summed E-state index contributed by atoms with van der Waals surface area (Å²) < 4.78 is 7.37. The number of carbonyl (C=O) groups excluding carboxylic acids is 1. The molecule has 0 aliphatic rings. The fraction of sp³-hybridized carbons (Fsp3) is 0.125. The van der Waals surface area contributed by atoms with E-state index >= 15 is 0 Å². The molecule has 0 fully saturated rings. The van der Waals surface area contributed by atoms with Crippen molar-refractivity contribution in [2.75, 3.05) is 11.9 Å². The molecule has 3 aromatic carbocycles. The van der Waals surface area contributed by atoms with Crippen LogP contribution >= 0.6 is 35.0 Å². The number of amides is 1. The van der Waals surface area contributed by atoms with E-state index in [1.165, 1.54) is 11.8 Å². The number of rotatable bonds is 8. The summed E-state index contributed by atoms with van der Waals surface area (Å²) >= 11 is 13.4. The molecule has 168 valence electrons. The molecule has 33 heavy (non-hydrogen) atoms. The minimum Gasteiger partial charge on any atom is -0.483 e. The molecule has 1 heterocycles. The van der Waals surface area contributed by atoms with Crippen LogP contribution in [0.4, 0.5) is 5.69 Å². The van der Waals surface area contributed by atoms with Crippen LogP contribution in [0, 0.1) is 6.92 Å². The molecule has 6 nitrogen and oxygen atoms in total. The standard InChI is InChI=1S/C24H20Cl2N4O2S/c1-16-6-2-4-8-20(16)32-15-22(31)27-19-7-3-5-9-21(19)33-24-28-23(26)29-30(24)14-17-10-12-18(25)13-11-17/h2-13H,14-15H2,1H3,(H,27,31). The summed E-state index contributed by atoms with van der Waals surface area (Å²) in [5.41, 5.74) is 2.63. The molecule has 0 bridgehead atoms. The van der Waals surface area contributed by atoms with E-state index in [2.05, 4.69) is 15.4 Å². The van der Waals surface area contributed by atoms with Crippen molar-refractivity contribution >= 4 is 46.6 Å². The maximum absolute atomic E-state index is 12.5. The Balaban J connectivity index is 1.46. The van der Waals surface area contributed by atoms with Gasteiger partial charge in [-0.15, -0.1) is 5.10 Å². The normalized spacial score (nSPS) is 10.8. The fourth-order valence-electron chi connectivity index (χ4n) is 3.05. The highest BCUT2D eigenvalue weighted by Crippen LogP contribution is 2.33. The van der Waals surface area contributed by atoms with E-state index in [1.54, 1.807) is 4.68 Å². The van der Waals surface area contributed by atoms with Crippen LogP contribution in [-0.2, 0) is 11.3 Å². The van der Waals surface area contributed by atoms with Crippen LogP contribution in [-0.4, -0.2) is 27.3 Å². The highest BCUT2D eigenvalue weighted by atomic mass is 35.5. The van der Waals surface area contributed by atoms with Gasteiger partial charge in [0.05, 0.1) is 12.2 Å². The second-order valence-corrected chi connectivity index (χ2v) is 8.93. The molecule has 0 atom stereocenters. The average Bonchev–Trinajstić information content (AvgIpc) is 3.14. The fourth-order valence-corrected chi connectivity index (χ4v) is 4.31. The lowest BCUT2D eigenvalue weighted by Gasteiger charge is -2.12. The summed E-state index contributed by atoms with van der Waals surface area (Å²) in [7, 11) is 0. The van der Waals surface area contributed by atoms with E-state index in [4.69, 9.17) is 27.9 Å². The Morgan fingerprint density at radius 3 is 2.55 bits per heavy atom. The first kappa shape index (κ1) is 23.2. The number of benzene rings is 3. The van der Waals surface area contributed by atoms with E-state index < -0.39 is 0 Å². The smallest absolute Gasteiger partial charge is 0.262 e. The number of carbonyl (C=O) groups is 1. The van der Waals surface area contributed by atoms with E-state index in [0.717, 1.165) is 16.0 Å². The van der Waals surface area contributed by atoms with Gasteiger partial charge in [0.25, 0.3) is 5.91 Å². The molecule has 0 aliphatic carbocycles. The van der Waals surface area contributed by atoms with E-state index in [1.807, 2.05) is 79.7 Å². The third-order valence-corrected chi connectivity index (χ3v) is 6.14. The van der Waals surface area contributed by atoms with Crippen molar-refractivity contribution in [1.82, 2.24) is 14.8 Å². The molecule has 0 spiro atoms. The van der Waals surface area contributed by atoms with Gasteiger partial charge in [-0.3, -0.25) is 4.79 Å². The molecule has 1 N–H and O–H groups in total. The molecule has 0 saturated carbocycles. The molecule has 1 aromatic heterocycles. The molecule has 0 unspecified atom stereocenters. The molecule has 0 saturated heterocycles. The summed E-state index contributed by atoms with van der Waals surface area (Å²) in [5.74, 6) is 0.423. The number of nitrogens with zero attached hydrogens (tertiary/aromatic N) is 3. The third-order valence-electron chi connectivity index (χ3n) is 4.67. The zero-order valence-corrected chi connectivity index (χ0v) is 20.0. The van der Waals surface area contributed by atoms with Crippen molar-refractivity contribution in [3.63, 3.8) is 0 Å². The van der Waals surface area contributed by atoms with Gasteiger partial charge in [-0.2, -0.15) is 4.98 Å². The quantitative estimate of drug-likeness (QED) is 0.317. The lowest BCUT2D eigenvalue weighted by molar-refractivity contribution is -0.118. The lowest BCUT2D eigenvalue weighted by atomic mass is 10.2. The Labute approximate surface area is 205 Å². The van der Waals surface area contributed by atoms with Gasteiger partial charge in [0.15, 0.2) is 11.8 Å². The van der Waals surface area contributed by atoms with Gasteiger partial charge in [-0.25, -0.2) is 4.68 Å². The number of hydrogen-bond donors (Lipinski definition) is 1. The number of aryl methyl sites for hydroxylation is 1. The number of hydrogen-bond acceptors (Lipinski definition) is 5. The summed E-state index contributed by atoms with van der Waals surface area (Å²) in [5, 5.41) is 8.63. The Hall–Kier alpha value is -3.00. The number of nitrogens with one attached hydrogen (secondary N) is 1. The number of ether oxygens (including phenoxy) is 1. The van der Waals surface area contributed by atoms with Crippen LogP contribution in [0.3, 0.4) is 0 Å². The molecule has 9 heteroatoms. The first-order valence-electron chi connectivity index (χ1n) is 10.1. The molecule has 1 amide bonds.